The molecule has 0 aromatic carbocycles. The molecule has 5 heteroatoms. The Bertz CT molecular complexity index is 393. The molecule has 0 aromatic heterocycles. The summed E-state index contributed by atoms with van der Waals surface area (Å²) in [5.74, 6) is 0.152. The van der Waals surface area contributed by atoms with E-state index in [1.54, 1.807) is 0 Å². The first-order chi connectivity index (χ1) is 9.30. The number of amides is 2. The molecule has 0 saturated carbocycles. The van der Waals surface area contributed by atoms with Gasteiger partial charge >= 0.3 is 0 Å². The Morgan fingerprint density at radius 1 is 1.35 bits per heavy atom. The average molecular weight is 282 g/mol. The third kappa shape index (κ3) is 3.32. The Morgan fingerprint density at radius 2 is 2.05 bits per heavy atom. The van der Waals surface area contributed by atoms with Crippen LogP contribution in [0.15, 0.2) is 0 Å². The van der Waals surface area contributed by atoms with E-state index < -0.39 is 6.04 Å². The Morgan fingerprint density at radius 3 is 2.65 bits per heavy atom. The van der Waals surface area contributed by atoms with Gasteiger partial charge in [0.05, 0.1) is 5.60 Å². The van der Waals surface area contributed by atoms with Gasteiger partial charge < -0.3 is 15.0 Å². The van der Waals surface area contributed by atoms with Crippen LogP contribution in [0.25, 0.3) is 0 Å². The van der Waals surface area contributed by atoms with Crippen molar-refractivity contribution in [1.29, 1.82) is 0 Å². The normalized spacial score (nSPS) is 31.1. The molecule has 0 radical (unpaired) electrons. The molecule has 5 nitrogen and oxygen atoms in total. The van der Waals surface area contributed by atoms with Gasteiger partial charge in [0, 0.05) is 25.6 Å². The maximum absolute atomic E-state index is 12.7. The lowest BCUT2D eigenvalue weighted by Crippen LogP contribution is -2.53. The molecule has 2 saturated heterocycles. The molecule has 2 aliphatic heterocycles. The second-order valence-electron chi connectivity index (χ2n) is 6.83. The lowest BCUT2D eigenvalue weighted by molar-refractivity contribution is -0.142. The van der Waals surface area contributed by atoms with Gasteiger partial charge in [-0.1, -0.05) is 13.8 Å². The van der Waals surface area contributed by atoms with Crippen LogP contribution in [0.4, 0.5) is 0 Å². The number of nitrogens with one attached hydrogen (secondary N) is 1. The third-order valence-corrected chi connectivity index (χ3v) is 4.22. The SMILES string of the molecule is CC(C)C1NC(=O)CCN(C2CCOC(C)(C)C2)C1=O. The van der Waals surface area contributed by atoms with Crippen LogP contribution in [0.1, 0.15) is 47.0 Å². The summed E-state index contributed by atoms with van der Waals surface area (Å²) in [6.07, 6.45) is 2.08. The molecule has 0 spiro atoms. The van der Waals surface area contributed by atoms with E-state index in [0.29, 0.717) is 19.6 Å². The predicted molar refractivity (Wildman–Crippen MR) is 76.2 cm³/mol. The summed E-state index contributed by atoms with van der Waals surface area (Å²) < 4.78 is 5.73. The second kappa shape index (κ2) is 5.72. The molecule has 2 heterocycles. The molecule has 2 atom stereocenters. The van der Waals surface area contributed by atoms with Gasteiger partial charge in [-0.05, 0) is 32.6 Å². The molecule has 0 aromatic rings. The highest BCUT2D eigenvalue weighted by atomic mass is 16.5. The molecule has 0 aliphatic carbocycles. The Hall–Kier alpha value is -1.10. The van der Waals surface area contributed by atoms with Crippen LogP contribution < -0.4 is 5.32 Å². The van der Waals surface area contributed by atoms with E-state index in [1.165, 1.54) is 0 Å². The van der Waals surface area contributed by atoms with E-state index in [4.69, 9.17) is 4.74 Å². The van der Waals surface area contributed by atoms with Gasteiger partial charge in [-0.2, -0.15) is 0 Å². The maximum Gasteiger partial charge on any atom is 0.245 e. The van der Waals surface area contributed by atoms with Crippen LogP contribution in [0.2, 0.25) is 0 Å². The number of carbonyl (C=O) groups excluding carboxylic acids is 2. The number of ether oxygens (including phenoxy) is 1. The summed E-state index contributed by atoms with van der Waals surface area (Å²) in [7, 11) is 0. The van der Waals surface area contributed by atoms with E-state index in [1.807, 2.05) is 18.7 Å². The number of hydrogen-bond donors (Lipinski definition) is 1. The lowest BCUT2D eigenvalue weighted by Gasteiger charge is -2.41. The van der Waals surface area contributed by atoms with Gasteiger partial charge in [0.2, 0.25) is 11.8 Å². The van der Waals surface area contributed by atoms with E-state index in [2.05, 4.69) is 19.2 Å². The van der Waals surface area contributed by atoms with Crippen LogP contribution >= 0.6 is 0 Å². The molecular formula is C15H26N2O3. The molecule has 0 bridgehead atoms. The minimum absolute atomic E-state index is 0.0223. The van der Waals surface area contributed by atoms with Crippen molar-refractivity contribution in [3.8, 4) is 0 Å². The van der Waals surface area contributed by atoms with Crippen molar-refractivity contribution in [2.75, 3.05) is 13.2 Å². The second-order valence-corrected chi connectivity index (χ2v) is 6.83. The monoisotopic (exact) mass is 282 g/mol. The van der Waals surface area contributed by atoms with E-state index in [9.17, 15) is 9.59 Å². The summed E-state index contributed by atoms with van der Waals surface area (Å²) in [6.45, 7) is 9.26. The molecule has 2 rings (SSSR count). The van der Waals surface area contributed by atoms with E-state index in [0.717, 1.165) is 12.8 Å². The Labute approximate surface area is 121 Å². The van der Waals surface area contributed by atoms with Crippen molar-refractivity contribution in [1.82, 2.24) is 10.2 Å². The fourth-order valence-corrected chi connectivity index (χ4v) is 3.10. The molecule has 1 N–H and O–H groups in total. The van der Waals surface area contributed by atoms with Crippen molar-refractivity contribution in [3.05, 3.63) is 0 Å². The smallest absolute Gasteiger partial charge is 0.245 e. The first-order valence-electron chi connectivity index (χ1n) is 7.54. The molecule has 114 valence electrons. The minimum atomic E-state index is -0.393. The number of carbonyl (C=O) groups is 2. The van der Waals surface area contributed by atoms with Crippen LogP contribution in [0.3, 0.4) is 0 Å². The average Bonchev–Trinajstić information content (AvgIpc) is 2.48. The molecular weight excluding hydrogens is 256 g/mol. The van der Waals surface area contributed by atoms with Crippen molar-refractivity contribution in [2.45, 2.75) is 64.6 Å². The van der Waals surface area contributed by atoms with E-state index in [-0.39, 0.29) is 29.4 Å². The zero-order chi connectivity index (χ0) is 14.9. The summed E-state index contributed by atoms with van der Waals surface area (Å²) >= 11 is 0. The first-order valence-corrected chi connectivity index (χ1v) is 7.54. The Balaban J connectivity index is 2.16. The molecule has 2 unspecified atom stereocenters. The standard InChI is InChI=1S/C15H26N2O3/c1-10(2)13-14(19)17(7-5-12(18)16-13)11-6-8-20-15(3,4)9-11/h10-11,13H,5-9H2,1-4H3,(H,16,18). The van der Waals surface area contributed by atoms with Crippen molar-refractivity contribution in [2.24, 2.45) is 5.92 Å². The highest BCUT2D eigenvalue weighted by Gasteiger charge is 2.39. The quantitative estimate of drug-likeness (QED) is 0.831. The van der Waals surface area contributed by atoms with Gasteiger partial charge in [0.1, 0.15) is 6.04 Å². The number of rotatable bonds is 2. The zero-order valence-corrected chi connectivity index (χ0v) is 12.9. The van der Waals surface area contributed by atoms with Gasteiger partial charge in [-0.25, -0.2) is 0 Å². The fraction of sp³-hybridized carbons (Fsp3) is 0.867. The highest BCUT2D eigenvalue weighted by Crippen LogP contribution is 2.29. The predicted octanol–water partition coefficient (Wildman–Crippen LogP) is 1.32. The van der Waals surface area contributed by atoms with Crippen molar-refractivity contribution < 1.29 is 14.3 Å². The summed E-state index contributed by atoms with van der Waals surface area (Å²) in [6, 6.07) is -0.212. The first kappa shape index (κ1) is 15.3. The van der Waals surface area contributed by atoms with Crippen LogP contribution in [-0.4, -0.2) is 47.6 Å². The Kier molecular flexibility index (Phi) is 4.37. The van der Waals surface area contributed by atoms with Gasteiger partial charge in [0.15, 0.2) is 0 Å². The van der Waals surface area contributed by atoms with Gasteiger partial charge in [-0.15, -0.1) is 0 Å². The van der Waals surface area contributed by atoms with Crippen molar-refractivity contribution in [3.63, 3.8) is 0 Å². The van der Waals surface area contributed by atoms with E-state index >= 15 is 0 Å². The zero-order valence-electron chi connectivity index (χ0n) is 12.9. The van der Waals surface area contributed by atoms with Crippen molar-refractivity contribution >= 4 is 11.8 Å². The van der Waals surface area contributed by atoms with Crippen LogP contribution in [-0.2, 0) is 14.3 Å². The molecule has 2 amide bonds. The largest absolute Gasteiger partial charge is 0.375 e. The number of hydrogen-bond acceptors (Lipinski definition) is 3. The van der Waals surface area contributed by atoms with Crippen LogP contribution in [0.5, 0.6) is 0 Å². The maximum atomic E-state index is 12.7. The summed E-state index contributed by atoms with van der Waals surface area (Å²) in [5.41, 5.74) is -0.194. The van der Waals surface area contributed by atoms with Gasteiger partial charge in [-0.3, -0.25) is 9.59 Å². The van der Waals surface area contributed by atoms with Gasteiger partial charge in [0.25, 0.3) is 0 Å². The molecule has 20 heavy (non-hydrogen) atoms. The number of nitrogens with zero attached hydrogens (tertiary/aromatic N) is 1. The topological polar surface area (TPSA) is 58.6 Å². The summed E-state index contributed by atoms with van der Waals surface area (Å²) in [4.78, 5) is 26.4. The minimum Gasteiger partial charge on any atom is -0.375 e. The fourth-order valence-electron chi connectivity index (χ4n) is 3.10. The highest BCUT2D eigenvalue weighted by molar-refractivity contribution is 5.90. The van der Waals surface area contributed by atoms with Crippen LogP contribution in [0, 0.1) is 5.92 Å². The third-order valence-electron chi connectivity index (χ3n) is 4.22. The summed E-state index contributed by atoms with van der Waals surface area (Å²) in [5, 5.41) is 2.86. The molecule has 2 fully saturated rings. The lowest BCUT2D eigenvalue weighted by atomic mass is 9.92. The molecule has 2 aliphatic rings.